The van der Waals surface area contributed by atoms with Gasteiger partial charge in [-0.15, -0.1) is 0 Å². The van der Waals surface area contributed by atoms with Gasteiger partial charge in [0.05, 0.1) is 26.9 Å². The molecule has 0 amide bonds. The van der Waals surface area contributed by atoms with Crippen molar-refractivity contribution in [2.75, 3.05) is 27.4 Å². The number of aryl methyl sites for hydroxylation is 2. The Hall–Kier alpha value is -2.20. The van der Waals surface area contributed by atoms with E-state index in [2.05, 4.69) is 43.4 Å². The zero-order valence-corrected chi connectivity index (χ0v) is 15.7. The number of nitrogens with one attached hydrogen (secondary N) is 1. The Labute approximate surface area is 150 Å². The Bertz CT molecular complexity index is 770. The monoisotopic (exact) mass is 341 g/mol. The van der Waals surface area contributed by atoms with Gasteiger partial charge < -0.3 is 19.5 Å². The molecular weight excluding hydrogens is 314 g/mol. The van der Waals surface area contributed by atoms with Crippen molar-refractivity contribution in [1.29, 1.82) is 0 Å². The van der Waals surface area contributed by atoms with Gasteiger partial charge in [-0.05, 0) is 56.0 Å². The van der Waals surface area contributed by atoms with Crippen molar-refractivity contribution in [1.82, 2.24) is 5.32 Å². The van der Waals surface area contributed by atoms with Crippen LogP contribution in [0.2, 0.25) is 0 Å². The highest BCUT2D eigenvalue weighted by molar-refractivity contribution is 5.55. The molecule has 4 heteroatoms. The molecule has 0 spiro atoms. The molecule has 0 aliphatic carbocycles. The molecule has 3 rings (SSSR count). The minimum absolute atomic E-state index is 0.0856. The summed E-state index contributed by atoms with van der Waals surface area (Å²) < 4.78 is 17.0. The number of benzene rings is 2. The zero-order chi connectivity index (χ0) is 18.0. The molecule has 0 saturated heterocycles. The highest BCUT2D eigenvalue weighted by atomic mass is 16.5. The number of hydrogen-bond donors (Lipinski definition) is 1. The first-order valence-electron chi connectivity index (χ1n) is 8.81. The van der Waals surface area contributed by atoms with Gasteiger partial charge in [-0.3, -0.25) is 0 Å². The van der Waals surface area contributed by atoms with Gasteiger partial charge in [0.25, 0.3) is 0 Å². The van der Waals surface area contributed by atoms with Crippen molar-refractivity contribution >= 4 is 0 Å². The van der Waals surface area contributed by atoms with E-state index in [1.54, 1.807) is 14.2 Å². The first kappa shape index (κ1) is 17.6. The maximum absolute atomic E-state index is 5.80. The zero-order valence-electron chi connectivity index (χ0n) is 15.7. The highest BCUT2D eigenvalue weighted by Gasteiger charge is 2.27. The van der Waals surface area contributed by atoms with Crippen molar-refractivity contribution < 1.29 is 14.2 Å². The fraction of sp³-hybridized carbons (Fsp3) is 0.429. The Kier molecular flexibility index (Phi) is 5.19. The molecule has 2 aromatic carbocycles. The molecule has 4 nitrogen and oxygen atoms in total. The third-order valence-corrected chi connectivity index (χ3v) is 4.74. The molecule has 0 fully saturated rings. The second-order valence-corrected chi connectivity index (χ2v) is 6.48. The van der Waals surface area contributed by atoms with E-state index in [9.17, 15) is 0 Å². The van der Waals surface area contributed by atoms with E-state index in [-0.39, 0.29) is 6.04 Å². The van der Waals surface area contributed by atoms with E-state index in [1.807, 2.05) is 6.92 Å². The molecule has 1 unspecified atom stereocenters. The van der Waals surface area contributed by atoms with Crippen molar-refractivity contribution in [3.63, 3.8) is 0 Å². The van der Waals surface area contributed by atoms with Crippen LogP contribution >= 0.6 is 0 Å². The van der Waals surface area contributed by atoms with Crippen molar-refractivity contribution in [3.8, 4) is 17.2 Å². The minimum Gasteiger partial charge on any atom is -0.496 e. The maximum Gasteiger partial charge on any atom is 0.161 e. The van der Waals surface area contributed by atoms with Crippen molar-refractivity contribution in [2.24, 2.45) is 0 Å². The van der Waals surface area contributed by atoms with E-state index < -0.39 is 0 Å². The van der Waals surface area contributed by atoms with Crippen molar-refractivity contribution in [3.05, 3.63) is 52.1 Å². The molecule has 1 N–H and O–H groups in total. The Morgan fingerprint density at radius 3 is 2.48 bits per heavy atom. The molecule has 1 heterocycles. The Morgan fingerprint density at radius 1 is 1.00 bits per heavy atom. The summed E-state index contributed by atoms with van der Waals surface area (Å²) in [6.45, 7) is 7.74. The number of fused-ring (bicyclic) bond motifs is 1. The third kappa shape index (κ3) is 3.31. The predicted molar refractivity (Wildman–Crippen MR) is 100 cm³/mol. The summed E-state index contributed by atoms with van der Waals surface area (Å²) in [5.41, 5.74) is 6.10. The summed E-state index contributed by atoms with van der Waals surface area (Å²) in [5.74, 6) is 2.54. The van der Waals surface area contributed by atoms with Gasteiger partial charge in [-0.1, -0.05) is 17.7 Å². The van der Waals surface area contributed by atoms with Gasteiger partial charge in [0.15, 0.2) is 11.5 Å². The van der Waals surface area contributed by atoms with E-state index in [1.165, 1.54) is 22.3 Å². The number of hydrogen-bond acceptors (Lipinski definition) is 4. The largest absolute Gasteiger partial charge is 0.496 e. The van der Waals surface area contributed by atoms with Crippen LogP contribution in [0.4, 0.5) is 0 Å². The molecule has 134 valence electrons. The molecule has 1 aliphatic rings. The Morgan fingerprint density at radius 2 is 1.80 bits per heavy atom. The smallest absolute Gasteiger partial charge is 0.161 e. The van der Waals surface area contributed by atoms with E-state index in [0.717, 1.165) is 35.8 Å². The summed E-state index contributed by atoms with van der Waals surface area (Å²) in [6.07, 6.45) is 0.974. The summed E-state index contributed by atoms with van der Waals surface area (Å²) in [6, 6.07) is 8.69. The van der Waals surface area contributed by atoms with E-state index >= 15 is 0 Å². The fourth-order valence-electron chi connectivity index (χ4n) is 3.75. The third-order valence-electron chi connectivity index (χ3n) is 4.74. The van der Waals surface area contributed by atoms with Gasteiger partial charge >= 0.3 is 0 Å². The Balaban J connectivity index is 2.15. The number of rotatable bonds is 5. The average molecular weight is 341 g/mol. The highest BCUT2D eigenvalue weighted by Crippen LogP contribution is 2.41. The lowest BCUT2D eigenvalue weighted by atomic mass is 9.87. The van der Waals surface area contributed by atoms with Crippen LogP contribution in [0.1, 0.15) is 40.8 Å². The van der Waals surface area contributed by atoms with Gasteiger partial charge in [-0.2, -0.15) is 0 Å². The lowest BCUT2D eigenvalue weighted by Gasteiger charge is -2.30. The molecule has 1 atom stereocenters. The minimum atomic E-state index is 0.0856. The van der Waals surface area contributed by atoms with Crippen molar-refractivity contribution in [2.45, 2.75) is 33.2 Å². The van der Waals surface area contributed by atoms with E-state index in [0.29, 0.717) is 6.61 Å². The van der Waals surface area contributed by atoms with Gasteiger partial charge in [-0.25, -0.2) is 0 Å². The van der Waals surface area contributed by atoms with Crippen LogP contribution in [0.3, 0.4) is 0 Å². The standard InChI is InChI=1S/C21H27NO3/c1-6-25-19-12-16-15(11-18(19)23-4)7-8-22-20(16)17-10-13(2)9-14(3)21(17)24-5/h9-12,20,22H,6-8H2,1-5H3. The van der Waals surface area contributed by atoms with Crippen LogP contribution in [0, 0.1) is 13.8 Å². The predicted octanol–water partition coefficient (Wildman–Crippen LogP) is 3.95. The molecule has 25 heavy (non-hydrogen) atoms. The first-order valence-corrected chi connectivity index (χ1v) is 8.81. The lowest BCUT2D eigenvalue weighted by Crippen LogP contribution is -2.31. The van der Waals surface area contributed by atoms with Crippen LogP contribution in [0.5, 0.6) is 17.2 Å². The van der Waals surface area contributed by atoms with Gasteiger partial charge in [0.2, 0.25) is 0 Å². The summed E-state index contributed by atoms with van der Waals surface area (Å²) in [5, 5.41) is 3.65. The fourth-order valence-corrected chi connectivity index (χ4v) is 3.75. The van der Waals surface area contributed by atoms with Crippen LogP contribution in [-0.4, -0.2) is 27.4 Å². The van der Waals surface area contributed by atoms with Crippen LogP contribution in [0.15, 0.2) is 24.3 Å². The summed E-state index contributed by atoms with van der Waals surface area (Å²) in [4.78, 5) is 0. The molecule has 0 bridgehead atoms. The van der Waals surface area contributed by atoms with Gasteiger partial charge in [0.1, 0.15) is 5.75 Å². The molecule has 0 radical (unpaired) electrons. The normalized spacial score (nSPS) is 16.3. The first-order chi connectivity index (χ1) is 12.1. The molecule has 2 aromatic rings. The summed E-state index contributed by atoms with van der Waals surface area (Å²) in [7, 11) is 3.43. The van der Waals surface area contributed by atoms with Crippen LogP contribution < -0.4 is 19.5 Å². The molecule has 1 aliphatic heterocycles. The molecule has 0 aromatic heterocycles. The van der Waals surface area contributed by atoms with Crippen LogP contribution in [0.25, 0.3) is 0 Å². The number of ether oxygens (including phenoxy) is 3. The topological polar surface area (TPSA) is 39.7 Å². The van der Waals surface area contributed by atoms with E-state index in [4.69, 9.17) is 14.2 Å². The maximum atomic E-state index is 5.80. The summed E-state index contributed by atoms with van der Waals surface area (Å²) >= 11 is 0. The SMILES string of the molecule is CCOc1cc2c(cc1OC)CCNC2c1cc(C)cc(C)c1OC. The second kappa shape index (κ2) is 7.36. The number of methoxy groups -OCH3 is 2. The van der Waals surface area contributed by atoms with Gasteiger partial charge in [0, 0.05) is 12.1 Å². The molecule has 0 saturated carbocycles. The lowest BCUT2D eigenvalue weighted by molar-refractivity contribution is 0.309. The quantitative estimate of drug-likeness (QED) is 0.894. The average Bonchev–Trinajstić information content (AvgIpc) is 2.60. The van der Waals surface area contributed by atoms with Crippen LogP contribution in [-0.2, 0) is 6.42 Å². The second-order valence-electron chi connectivity index (χ2n) is 6.48. The molecular formula is C21H27NO3.